The molecular weight excluding hydrogens is 344 g/mol. The molecule has 6 heteroatoms. The molecule has 1 heterocycles. The van der Waals surface area contributed by atoms with Crippen molar-refractivity contribution in [1.29, 1.82) is 0 Å². The van der Waals surface area contributed by atoms with Gasteiger partial charge in [0.25, 0.3) is 6.08 Å². The minimum absolute atomic E-state index is 0.0531. The minimum atomic E-state index is -1.65. The van der Waals surface area contributed by atoms with Crippen LogP contribution in [0.15, 0.2) is 35.9 Å². The van der Waals surface area contributed by atoms with Gasteiger partial charge in [0.2, 0.25) is 5.91 Å². The average Bonchev–Trinajstić information content (AvgIpc) is 2.92. The van der Waals surface area contributed by atoms with Gasteiger partial charge in [-0.05, 0) is 24.1 Å². The SMILES string of the molecule is COc1ccc(CN2C(=O)C3CC(=C(F)F)C2C3Br)cc1. The zero-order valence-electron chi connectivity index (χ0n) is 11.4. The number of halogens is 3. The number of carbonyl (C=O) groups excluding carboxylic acids is 1. The molecule has 1 saturated carbocycles. The number of amides is 1. The molecule has 0 aromatic heterocycles. The van der Waals surface area contributed by atoms with Crippen LogP contribution in [0.1, 0.15) is 12.0 Å². The lowest BCUT2D eigenvalue weighted by Gasteiger charge is -2.28. The molecule has 1 aliphatic heterocycles. The molecule has 3 unspecified atom stereocenters. The van der Waals surface area contributed by atoms with Crippen LogP contribution in [0.4, 0.5) is 8.78 Å². The Bertz CT molecular complexity index is 598. The minimum Gasteiger partial charge on any atom is -0.497 e. The molecule has 3 atom stereocenters. The molecule has 112 valence electrons. The third-order valence-corrected chi connectivity index (χ3v) is 5.31. The van der Waals surface area contributed by atoms with E-state index in [0.717, 1.165) is 11.3 Å². The monoisotopic (exact) mass is 357 g/mol. The molecule has 2 bridgehead atoms. The summed E-state index contributed by atoms with van der Waals surface area (Å²) in [7, 11) is 1.58. The summed E-state index contributed by atoms with van der Waals surface area (Å²) in [6, 6.07) is 6.75. The Morgan fingerprint density at radius 3 is 2.57 bits per heavy atom. The highest BCUT2D eigenvalue weighted by molar-refractivity contribution is 9.09. The van der Waals surface area contributed by atoms with E-state index in [1.165, 1.54) is 0 Å². The molecule has 0 radical (unpaired) electrons. The Kier molecular flexibility index (Phi) is 3.73. The van der Waals surface area contributed by atoms with Crippen LogP contribution in [-0.4, -0.2) is 28.8 Å². The number of ether oxygens (including phenoxy) is 1. The molecule has 3 nitrogen and oxygen atoms in total. The van der Waals surface area contributed by atoms with Crippen molar-refractivity contribution in [3.63, 3.8) is 0 Å². The number of carbonyl (C=O) groups is 1. The van der Waals surface area contributed by atoms with E-state index >= 15 is 0 Å². The average molecular weight is 358 g/mol. The summed E-state index contributed by atoms with van der Waals surface area (Å²) in [6.45, 7) is 0.336. The van der Waals surface area contributed by atoms with E-state index in [2.05, 4.69) is 15.9 Å². The molecule has 1 aromatic carbocycles. The van der Waals surface area contributed by atoms with Gasteiger partial charge in [-0.15, -0.1) is 0 Å². The predicted octanol–water partition coefficient (Wildman–Crippen LogP) is 3.34. The van der Waals surface area contributed by atoms with Crippen LogP contribution >= 0.6 is 15.9 Å². The number of alkyl halides is 1. The van der Waals surface area contributed by atoms with Gasteiger partial charge < -0.3 is 9.64 Å². The van der Waals surface area contributed by atoms with Crippen LogP contribution in [0.2, 0.25) is 0 Å². The van der Waals surface area contributed by atoms with E-state index in [0.29, 0.717) is 6.54 Å². The van der Waals surface area contributed by atoms with Crippen molar-refractivity contribution in [3.05, 3.63) is 41.5 Å². The molecule has 1 aliphatic carbocycles. The van der Waals surface area contributed by atoms with Crippen molar-refractivity contribution in [1.82, 2.24) is 4.90 Å². The van der Waals surface area contributed by atoms with E-state index in [1.807, 2.05) is 12.1 Å². The number of rotatable bonds is 3. The van der Waals surface area contributed by atoms with Gasteiger partial charge in [-0.3, -0.25) is 4.79 Å². The summed E-state index contributed by atoms with van der Waals surface area (Å²) in [4.78, 5) is 13.6. The lowest BCUT2D eigenvalue weighted by Crippen LogP contribution is -2.38. The van der Waals surface area contributed by atoms with Crippen molar-refractivity contribution < 1.29 is 18.3 Å². The topological polar surface area (TPSA) is 29.5 Å². The maximum atomic E-state index is 13.0. The van der Waals surface area contributed by atoms with Crippen LogP contribution in [0.25, 0.3) is 0 Å². The van der Waals surface area contributed by atoms with Gasteiger partial charge in [0.05, 0.1) is 23.9 Å². The standard InChI is InChI=1S/C15H14BrF2NO2/c1-21-9-4-2-8(3-5-9)7-19-13-11(14(17)18)6-10(12(13)16)15(19)20/h2-5,10,12-13H,6-7H2,1H3. The molecular formula is C15H14BrF2NO2. The van der Waals surface area contributed by atoms with Gasteiger partial charge in [0, 0.05) is 12.1 Å². The summed E-state index contributed by atoms with van der Waals surface area (Å²) < 4.78 is 31.1. The van der Waals surface area contributed by atoms with Gasteiger partial charge in [0.1, 0.15) is 5.75 Å². The summed E-state index contributed by atoms with van der Waals surface area (Å²) in [5.41, 5.74) is 0.991. The molecule has 2 fully saturated rings. The van der Waals surface area contributed by atoms with E-state index in [9.17, 15) is 13.6 Å². The van der Waals surface area contributed by atoms with Crippen LogP contribution in [0.3, 0.4) is 0 Å². The second-order valence-corrected chi connectivity index (χ2v) is 6.36. The second-order valence-electron chi connectivity index (χ2n) is 5.30. The van der Waals surface area contributed by atoms with E-state index in [1.54, 1.807) is 24.1 Å². The number of methoxy groups -OCH3 is 1. The Morgan fingerprint density at radius 1 is 1.38 bits per heavy atom. The first-order chi connectivity index (χ1) is 10.0. The van der Waals surface area contributed by atoms with Crippen molar-refractivity contribution in [3.8, 4) is 5.75 Å². The Labute approximate surface area is 129 Å². The lowest BCUT2D eigenvalue weighted by molar-refractivity contribution is -0.133. The third kappa shape index (κ3) is 2.35. The summed E-state index contributed by atoms with van der Waals surface area (Å²) in [6.07, 6.45) is -1.49. The zero-order chi connectivity index (χ0) is 15.1. The summed E-state index contributed by atoms with van der Waals surface area (Å²) in [5, 5.41) is 0. The van der Waals surface area contributed by atoms with Crippen molar-refractivity contribution in [2.45, 2.75) is 23.8 Å². The molecule has 21 heavy (non-hydrogen) atoms. The third-order valence-electron chi connectivity index (χ3n) is 4.17. The Hall–Kier alpha value is -1.43. The van der Waals surface area contributed by atoms with Crippen molar-refractivity contribution in [2.75, 3.05) is 7.11 Å². The maximum absolute atomic E-state index is 13.0. The van der Waals surface area contributed by atoms with E-state index in [4.69, 9.17) is 4.74 Å². The fraction of sp³-hybridized carbons (Fsp3) is 0.400. The molecule has 1 aromatic rings. The van der Waals surface area contributed by atoms with Gasteiger partial charge >= 0.3 is 0 Å². The highest BCUT2D eigenvalue weighted by Crippen LogP contribution is 2.48. The highest BCUT2D eigenvalue weighted by Gasteiger charge is 2.55. The molecule has 0 N–H and O–H groups in total. The lowest BCUT2D eigenvalue weighted by atomic mass is 10.0. The summed E-state index contributed by atoms with van der Waals surface area (Å²) in [5.74, 6) is 0.300. The zero-order valence-corrected chi connectivity index (χ0v) is 12.9. The van der Waals surface area contributed by atoms with Gasteiger partial charge in [-0.25, -0.2) is 0 Å². The number of fused-ring (bicyclic) bond motifs is 2. The molecule has 3 rings (SSSR count). The first kappa shape index (κ1) is 14.5. The number of likely N-dealkylation sites (tertiary alicyclic amines) is 1. The van der Waals surface area contributed by atoms with Gasteiger partial charge in [-0.1, -0.05) is 28.1 Å². The second kappa shape index (κ2) is 5.40. The first-order valence-corrected chi connectivity index (χ1v) is 7.56. The predicted molar refractivity (Wildman–Crippen MR) is 77.4 cm³/mol. The fourth-order valence-electron chi connectivity index (χ4n) is 3.11. The van der Waals surface area contributed by atoms with Crippen LogP contribution in [0.5, 0.6) is 5.75 Å². The first-order valence-electron chi connectivity index (χ1n) is 6.64. The fourth-order valence-corrected chi connectivity index (χ4v) is 4.13. The number of hydrogen-bond acceptors (Lipinski definition) is 2. The van der Waals surface area contributed by atoms with Gasteiger partial charge in [-0.2, -0.15) is 8.78 Å². The quantitative estimate of drug-likeness (QED) is 0.776. The number of nitrogens with zero attached hydrogens (tertiary/aromatic N) is 1. The van der Waals surface area contributed by atoms with E-state index in [-0.39, 0.29) is 28.6 Å². The van der Waals surface area contributed by atoms with Crippen LogP contribution in [-0.2, 0) is 11.3 Å². The van der Waals surface area contributed by atoms with E-state index < -0.39 is 12.1 Å². The normalized spacial score (nSPS) is 27.4. The van der Waals surface area contributed by atoms with Gasteiger partial charge in [0.15, 0.2) is 0 Å². The van der Waals surface area contributed by atoms with Crippen molar-refractivity contribution in [2.24, 2.45) is 5.92 Å². The highest BCUT2D eigenvalue weighted by atomic mass is 79.9. The van der Waals surface area contributed by atoms with Crippen molar-refractivity contribution >= 4 is 21.8 Å². The molecule has 1 saturated heterocycles. The number of benzene rings is 1. The molecule has 1 amide bonds. The number of hydrogen-bond donors (Lipinski definition) is 0. The Morgan fingerprint density at radius 2 is 2.05 bits per heavy atom. The summed E-state index contributed by atoms with van der Waals surface area (Å²) >= 11 is 3.41. The molecule has 2 aliphatic rings. The maximum Gasteiger partial charge on any atom is 0.271 e. The smallest absolute Gasteiger partial charge is 0.271 e. The van der Waals surface area contributed by atoms with Crippen LogP contribution in [0, 0.1) is 5.92 Å². The van der Waals surface area contributed by atoms with Crippen LogP contribution < -0.4 is 4.74 Å². The largest absolute Gasteiger partial charge is 0.497 e. The Balaban J connectivity index is 1.84. The number of piperidine rings is 1. The molecule has 0 spiro atoms.